The van der Waals surface area contributed by atoms with Gasteiger partial charge < -0.3 is 9.67 Å². The Balaban J connectivity index is 1.74. The number of carbonyl (C=O) groups excluding carboxylic acids is 2. The lowest BCUT2D eigenvalue weighted by Gasteiger charge is -2.29. The van der Waals surface area contributed by atoms with Crippen molar-refractivity contribution < 1.29 is 23.9 Å². The molecule has 0 spiro atoms. The number of hydrogen-bond acceptors (Lipinski definition) is 4. The van der Waals surface area contributed by atoms with Crippen LogP contribution in [0.1, 0.15) is 27.3 Å². The van der Waals surface area contributed by atoms with Crippen molar-refractivity contribution in [2.45, 2.75) is 13.8 Å². The van der Waals surface area contributed by atoms with E-state index < -0.39 is 23.6 Å². The summed E-state index contributed by atoms with van der Waals surface area (Å²) in [6.07, 6.45) is 1.46. The Morgan fingerprint density at radius 3 is 2.35 bits per heavy atom. The van der Waals surface area contributed by atoms with Gasteiger partial charge in [-0.15, -0.1) is 0 Å². The summed E-state index contributed by atoms with van der Waals surface area (Å²) in [6, 6.07) is 11.9. The van der Waals surface area contributed by atoms with E-state index in [-0.39, 0.29) is 27.0 Å². The molecule has 1 aliphatic rings. The number of halogens is 2. The van der Waals surface area contributed by atoms with Crippen LogP contribution in [-0.2, 0) is 9.59 Å². The van der Waals surface area contributed by atoms with E-state index >= 15 is 0 Å². The van der Waals surface area contributed by atoms with E-state index in [0.29, 0.717) is 5.56 Å². The average molecular weight is 498 g/mol. The lowest BCUT2D eigenvalue weighted by atomic mass is 10.1. The number of aromatic carboxylic acids is 1. The van der Waals surface area contributed by atoms with Crippen molar-refractivity contribution in [3.63, 3.8) is 0 Å². The van der Waals surface area contributed by atoms with Crippen molar-refractivity contribution in [1.29, 1.82) is 0 Å². The maximum atomic E-state index is 13.6. The number of hydrogen-bond donors (Lipinski definition) is 2. The maximum Gasteiger partial charge on any atom is 0.335 e. The van der Waals surface area contributed by atoms with Gasteiger partial charge in [-0.3, -0.25) is 19.8 Å². The van der Waals surface area contributed by atoms with E-state index in [9.17, 15) is 18.8 Å². The molecule has 0 atom stereocenters. The molecule has 0 unspecified atom stereocenters. The topological polar surface area (TPSA) is 91.6 Å². The van der Waals surface area contributed by atoms with Gasteiger partial charge in [-0.05, 0) is 86.2 Å². The van der Waals surface area contributed by atoms with Crippen molar-refractivity contribution in [1.82, 2.24) is 9.88 Å². The molecule has 7 nitrogen and oxygen atoms in total. The summed E-state index contributed by atoms with van der Waals surface area (Å²) in [6.45, 7) is 3.67. The number of rotatable bonds is 4. The maximum absolute atomic E-state index is 13.6. The van der Waals surface area contributed by atoms with E-state index in [2.05, 4.69) is 5.32 Å². The highest BCUT2D eigenvalue weighted by molar-refractivity contribution is 7.80. The molecule has 0 aliphatic carbocycles. The van der Waals surface area contributed by atoms with Crippen molar-refractivity contribution in [2.75, 3.05) is 4.90 Å². The summed E-state index contributed by atoms with van der Waals surface area (Å²) < 4.78 is 15.5. The molecule has 3 aromatic rings. The van der Waals surface area contributed by atoms with Gasteiger partial charge in [0.25, 0.3) is 11.8 Å². The van der Waals surface area contributed by atoms with E-state index in [4.69, 9.17) is 28.9 Å². The van der Waals surface area contributed by atoms with Crippen molar-refractivity contribution in [3.05, 3.63) is 87.5 Å². The van der Waals surface area contributed by atoms with Crippen LogP contribution < -0.4 is 10.2 Å². The standard InChI is InChI=1S/C24H17ClFN3O4S/c1-12-9-15(13(2)28(12)16-5-3-14(4-6-16)23(32)33)10-18-21(30)27-24(34)29(22(18)31)17-7-8-20(26)19(25)11-17/h3-11H,1-2H3,(H,32,33)(H,27,30,34)/b18-10+. The minimum Gasteiger partial charge on any atom is -0.478 e. The molecular weight excluding hydrogens is 481 g/mol. The van der Waals surface area contributed by atoms with Crippen LogP contribution in [0.3, 0.4) is 0 Å². The van der Waals surface area contributed by atoms with Crippen LogP contribution in [0.25, 0.3) is 11.8 Å². The summed E-state index contributed by atoms with van der Waals surface area (Å²) in [7, 11) is 0. The summed E-state index contributed by atoms with van der Waals surface area (Å²) in [5.41, 5.74) is 3.12. The number of nitrogens with one attached hydrogen (secondary N) is 1. The zero-order chi connectivity index (χ0) is 24.7. The van der Waals surface area contributed by atoms with Gasteiger partial charge >= 0.3 is 5.97 Å². The zero-order valence-corrected chi connectivity index (χ0v) is 19.5. The third kappa shape index (κ3) is 4.11. The highest BCUT2D eigenvalue weighted by Crippen LogP contribution is 2.28. The number of nitrogens with zero attached hydrogens (tertiary/aromatic N) is 2. The predicted molar refractivity (Wildman–Crippen MR) is 130 cm³/mol. The lowest BCUT2D eigenvalue weighted by Crippen LogP contribution is -2.54. The summed E-state index contributed by atoms with van der Waals surface area (Å²) in [4.78, 5) is 38.1. The second kappa shape index (κ2) is 8.85. The number of carboxylic acids is 1. The molecule has 10 heteroatoms. The average Bonchev–Trinajstić information content (AvgIpc) is 3.06. The zero-order valence-electron chi connectivity index (χ0n) is 17.9. The molecule has 1 saturated heterocycles. The smallest absolute Gasteiger partial charge is 0.335 e. The lowest BCUT2D eigenvalue weighted by molar-refractivity contribution is -0.122. The van der Waals surface area contributed by atoms with Crippen LogP contribution in [0.15, 0.2) is 54.1 Å². The number of carbonyl (C=O) groups is 3. The number of amides is 2. The van der Waals surface area contributed by atoms with Gasteiger partial charge in [-0.1, -0.05) is 11.6 Å². The predicted octanol–water partition coefficient (Wildman–Crippen LogP) is 4.42. The fraction of sp³-hybridized carbons (Fsp3) is 0.0833. The van der Waals surface area contributed by atoms with Crippen LogP contribution in [0.5, 0.6) is 0 Å². The third-order valence-corrected chi connectivity index (χ3v) is 5.98. The first-order valence-electron chi connectivity index (χ1n) is 9.97. The Morgan fingerprint density at radius 2 is 1.74 bits per heavy atom. The van der Waals surface area contributed by atoms with Gasteiger partial charge in [0.1, 0.15) is 11.4 Å². The molecule has 1 fully saturated rings. The van der Waals surface area contributed by atoms with E-state index in [0.717, 1.165) is 28.0 Å². The number of benzene rings is 2. The molecule has 0 saturated carbocycles. The molecule has 0 radical (unpaired) electrons. The van der Waals surface area contributed by atoms with Crippen molar-refractivity contribution >= 4 is 58.5 Å². The van der Waals surface area contributed by atoms with Crippen molar-refractivity contribution in [2.24, 2.45) is 0 Å². The van der Waals surface area contributed by atoms with Gasteiger partial charge in [0.15, 0.2) is 5.11 Å². The Labute approximate surface area is 204 Å². The number of anilines is 1. The van der Waals surface area contributed by atoms with Crippen LogP contribution in [0.4, 0.5) is 10.1 Å². The fourth-order valence-electron chi connectivity index (χ4n) is 3.76. The Kier molecular flexibility index (Phi) is 6.07. The summed E-state index contributed by atoms with van der Waals surface area (Å²) >= 11 is 11.0. The number of aryl methyl sites for hydroxylation is 1. The van der Waals surface area contributed by atoms with E-state index in [1.54, 1.807) is 18.2 Å². The number of carboxylic acid groups (broad SMARTS) is 1. The van der Waals surface area contributed by atoms with E-state index in [1.165, 1.54) is 30.3 Å². The van der Waals surface area contributed by atoms with Crippen LogP contribution >= 0.6 is 23.8 Å². The number of thiocarbonyl (C=S) groups is 1. The molecule has 2 aromatic carbocycles. The fourth-order valence-corrected chi connectivity index (χ4v) is 4.21. The molecule has 2 heterocycles. The molecule has 172 valence electrons. The quantitative estimate of drug-likeness (QED) is 0.316. The van der Waals surface area contributed by atoms with Gasteiger partial charge in [-0.2, -0.15) is 0 Å². The third-order valence-electron chi connectivity index (χ3n) is 5.41. The van der Waals surface area contributed by atoms with Gasteiger partial charge in [0, 0.05) is 17.1 Å². The molecule has 4 rings (SSSR count). The highest BCUT2D eigenvalue weighted by Gasteiger charge is 2.35. The monoisotopic (exact) mass is 497 g/mol. The summed E-state index contributed by atoms with van der Waals surface area (Å²) in [5, 5.41) is 11.3. The Bertz CT molecular complexity index is 1410. The Morgan fingerprint density at radius 1 is 1.09 bits per heavy atom. The molecule has 2 N–H and O–H groups in total. The first kappa shape index (κ1) is 23.3. The van der Waals surface area contributed by atoms with Crippen LogP contribution in [0.2, 0.25) is 5.02 Å². The van der Waals surface area contributed by atoms with Gasteiger partial charge in [-0.25, -0.2) is 9.18 Å². The molecule has 1 aliphatic heterocycles. The minimum absolute atomic E-state index is 0.140. The SMILES string of the molecule is Cc1cc(/C=C2\C(=O)NC(=S)N(c3ccc(F)c(Cl)c3)C2=O)c(C)n1-c1ccc(C(=O)O)cc1. The second-order valence-electron chi connectivity index (χ2n) is 7.57. The minimum atomic E-state index is -1.02. The molecular formula is C24H17ClFN3O4S. The molecule has 2 amide bonds. The van der Waals surface area contributed by atoms with Gasteiger partial charge in [0.05, 0.1) is 16.3 Å². The largest absolute Gasteiger partial charge is 0.478 e. The molecule has 34 heavy (non-hydrogen) atoms. The normalized spacial score (nSPS) is 15.1. The van der Waals surface area contributed by atoms with Crippen molar-refractivity contribution in [3.8, 4) is 5.69 Å². The number of aromatic nitrogens is 1. The second-order valence-corrected chi connectivity index (χ2v) is 8.36. The summed E-state index contributed by atoms with van der Waals surface area (Å²) in [5.74, 6) is -3.00. The molecule has 1 aromatic heterocycles. The highest BCUT2D eigenvalue weighted by atomic mass is 35.5. The van der Waals surface area contributed by atoms with E-state index in [1.807, 2.05) is 18.4 Å². The van der Waals surface area contributed by atoms with Crippen LogP contribution in [0, 0.1) is 19.7 Å². The first-order valence-corrected chi connectivity index (χ1v) is 10.8. The first-order chi connectivity index (χ1) is 16.1. The Hall–Kier alpha value is -3.82. The van der Waals surface area contributed by atoms with Crippen LogP contribution in [-0.4, -0.2) is 32.6 Å². The van der Waals surface area contributed by atoms with Gasteiger partial charge in [0.2, 0.25) is 0 Å². The molecule has 0 bridgehead atoms.